The number of methoxy groups -OCH3 is 2. The summed E-state index contributed by atoms with van der Waals surface area (Å²) in [7, 11) is -1.60. The summed E-state index contributed by atoms with van der Waals surface area (Å²) in [6.07, 6.45) is -1.50. The lowest BCUT2D eigenvalue weighted by atomic mass is 10.3. The van der Waals surface area contributed by atoms with Crippen molar-refractivity contribution in [2.24, 2.45) is 0 Å². The third-order valence-electron chi connectivity index (χ3n) is 2.26. The fourth-order valence-electron chi connectivity index (χ4n) is 1.26. The van der Waals surface area contributed by atoms with Crippen LogP contribution in [0.1, 0.15) is 6.92 Å². The first-order chi connectivity index (χ1) is 8.81. The number of aliphatic carboxylic acids is 1. The molecule has 7 nitrogen and oxygen atoms in total. The van der Waals surface area contributed by atoms with Crippen molar-refractivity contribution < 1.29 is 32.0 Å². The highest BCUT2D eigenvalue weighted by molar-refractivity contribution is 7.87. The molecule has 1 N–H and O–H groups in total. The topological polar surface area (TPSA) is 99.1 Å². The zero-order valence-electron chi connectivity index (χ0n) is 10.6. The second-order valence-electron chi connectivity index (χ2n) is 3.55. The molecule has 1 rings (SSSR count). The molecule has 1 aromatic carbocycles. The summed E-state index contributed by atoms with van der Waals surface area (Å²) < 4.78 is 38.3. The highest BCUT2D eigenvalue weighted by Crippen LogP contribution is 2.29. The summed E-state index contributed by atoms with van der Waals surface area (Å²) in [4.78, 5) is 10.4. The third-order valence-corrected chi connectivity index (χ3v) is 3.66. The normalized spacial score (nSPS) is 12.8. The number of benzene rings is 1. The van der Waals surface area contributed by atoms with Crippen LogP contribution < -0.4 is 9.47 Å². The predicted molar refractivity (Wildman–Crippen MR) is 64.9 cm³/mol. The summed E-state index contributed by atoms with van der Waals surface area (Å²) in [6, 6.07) is 4.10. The molecule has 0 aromatic heterocycles. The Morgan fingerprint density at radius 2 is 1.89 bits per heavy atom. The number of hydrogen-bond donors (Lipinski definition) is 1. The van der Waals surface area contributed by atoms with Crippen molar-refractivity contribution in [2.45, 2.75) is 17.9 Å². The van der Waals surface area contributed by atoms with E-state index >= 15 is 0 Å². The Kier molecular flexibility index (Phi) is 4.73. The molecule has 0 spiro atoms. The van der Waals surface area contributed by atoms with Gasteiger partial charge in [-0.05, 0) is 19.1 Å². The van der Waals surface area contributed by atoms with Gasteiger partial charge in [0.2, 0.25) is 0 Å². The number of carboxylic acids is 1. The monoisotopic (exact) mass is 290 g/mol. The standard InChI is InChI=1S/C11H14O7S/c1-7(11(12)13)18-19(14,15)10-6-8(16-2)4-5-9(10)17-3/h4-7H,1-3H3,(H,12,13). The first-order valence-corrected chi connectivity index (χ1v) is 6.60. The first-order valence-electron chi connectivity index (χ1n) is 5.20. The second kappa shape index (κ2) is 5.89. The lowest BCUT2D eigenvalue weighted by Crippen LogP contribution is -2.24. The molecule has 0 amide bonds. The van der Waals surface area contributed by atoms with Crippen LogP contribution in [0.5, 0.6) is 11.5 Å². The first kappa shape index (κ1) is 15.3. The maximum atomic E-state index is 12.0. The van der Waals surface area contributed by atoms with E-state index in [1.165, 1.54) is 32.4 Å². The van der Waals surface area contributed by atoms with Gasteiger partial charge in [0.05, 0.1) is 14.2 Å². The van der Waals surface area contributed by atoms with Gasteiger partial charge in [-0.15, -0.1) is 0 Å². The van der Waals surface area contributed by atoms with E-state index in [4.69, 9.17) is 14.6 Å². The van der Waals surface area contributed by atoms with Gasteiger partial charge in [-0.3, -0.25) is 4.18 Å². The van der Waals surface area contributed by atoms with Gasteiger partial charge in [-0.25, -0.2) is 4.79 Å². The van der Waals surface area contributed by atoms with E-state index in [1.807, 2.05) is 0 Å². The van der Waals surface area contributed by atoms with Crippen LogP contribution in [-0.4, -0.2) is 39.8 Å². The Hall–Kier alpha value is -1.80. The zero-order chi connectivity index (χ0) is 14.6. The maximum Gasteiger partial charge on any atom is 0.334 e. The Labute approximate surface area is 110 Å². The van der Waals surface area contributed by atoms with Crippen molar-refractivity contribution in [1.82, 2.24) is 0 Å². The van der Waals surface area contributed by atoms with Gasteiger partial charge in [0, 0.05) is 6.07 Å². The van der Waals surface area contributed by atoms with Crippen LogP contribution in [0.15, 0.2) is 23.1 Å². The molecule has 0 aliphatic rings. The molecule has 0 saturated carbocycles. The number of hydrogen-bond acceptors (Lipinski definition) is 6. The molecule has 0 heterocycles. The van der Waals surface area contributed by atoms with Crippen LogP contribution >= 0.6 is 0 Å². The van der Waals surface area contributed by atoms with Crippen LogP contribution in [0.4, 0.5) is 0 Å². The number of carbonyl (C=O) groups is 1. The lowest BCUT2D eigenvalue weighted by molar-refractivity contribution is -0.144. The number of rotatable bonds is 6. The SMILES string of the molecule is COc1ccc(OC)c(S(=O)(=O)OC(C)C(=O)O)c1. The van der Waals surface area contributed by atoms with Crippen LogP contribution in [0.25, 0.3) is 0 Å². The van der Waals surface area contributed by atoms with Crippen molar-refractivity contribution in [3.05, 3.63) is 18.2 Å². The van der Waals surface area contributed by atoms with Gasteiger partial charge >= 0.3 is 16.1 Å². The molecule has 0 saturated heterocycles. The van der Waals surface area contributed by atoms with E-state index in [2.05, 4.69) is 4.18 Å². The van der Waals surface area contributed by atoms with Gasteiger partial charge in [0.15, 0.2) is 6.10 Å². The molecule has 19 heavy (non-hydrogen) atoms. The second-order valence-corrected chi connectivity index (χ2v) is 5.09. The fraction of sp³-hybridized carbons (Fsp3) is 0.364. The Bertz CT molecular complexity index is 564. The minimum atomic E-state index is -4.27. The lowest BCUT2D eigenvalue weighted by Gasteiger charge is -2.13. The molecule has 0 bridgehead atoms. The maximum absolute atomic E-state index is 12.0. The van der Waals surface area contributed by atoms with E-state index in [9.17, 15) is 13.2 Å². The smallest absolute Gasteiger partial charge is 0.334 e. The van der Waals surface area contributed by atoms with Crippen LogP contribution in [-0.2, 0) is 19.1 Å². The molecule has 106 valence electrons. The van der Waals surface area contributed by atoms with Crippen molar-refractivity contribution in [3.8, 4) is 11.5 Å². The molecule has 0 aliphatic carbocycles. The summed E-state index contributed by atoms with van der Waals surface area (Å²) in [5, 5.41) is 8.67. The van der Waals surface area contributed by atoms with E-state index < -0.39 is 22.2 Å². The molecule has 1 aromatic rings. The van der Waals surface area contributed by atoms with E-state index in [0.29, 0.717) is 0 Å². The Morgan fingerprint density at radius 3 is 2.37 bits per heavy atom. The summed E-state index contributed by atoms with van der Waals surface area (Å²) in [5.41, 5.74) is 0. The highest BCUT2D eigenvalue weighted by atomic mass is 32.2. The van der Waals surface area contributed by atoms with Crippen molar-refractivity contribution >= 4 is 16.1 Å². The predicted octanol–water partition coefficient (Wildman–Crippen LogP) is 0.882. The Balaban J connectivity index is 3.22. The minimum absolute atomic E-state index is 0.0402. The molecular formula is C11H14O7S. The molecule has 0 aliphatic heterocycles. The molecule has 8 heteroatoms. The van der Waals surface area contributed by atoms with Gasteiger partial charge in [-0.1, -0.05) is 0 Å². The number of ether oxygens (including phenoxy) is 2. The van der Waals surface area contributed by atoms with Crippen LogP contribution in [0, 0.1) is 0 Å². The summed E-state index contributed by atoms with van der Waals surface area (Å²) >= 11 is 0. The summed E-state index contributed by atoms with van der Waals surface area (Å²) in [5.74, 6) is -1.06. The summed E-state index contributed by atoms with van der Waals surface area (Å²) in [6.45, 7) is 1.12. The molecular weight excluding hydrogens is 276 g/mol. The van der Waals surface area contributed by atoms with Gasteiger partial charge < -0.3 is 14.6 Å². The average Bonchev–Trinajstić information content (AvgIpc) is 2.37. The molecule has 1 unspecified atom stereocenters. The largest absolute Gasteiger partial charge is 0.497 e. The van der Waals surface area contributed by atoms with E-state index in [-0.39, 0.29) is 16.4 Å². The van der Waals surface area contributed by atoms with Gasteiger partial charge in [0.25, 0.3) is 0 Å². The minimum Gasteiger partial charge on any atom is -0.497 e. The average molecular weight is 290 g/mol. The zero-order valence-corrected chi connectivity index (χ0v) is 11.4. The van der Waals surface area contributed by atoms with Crippen molar-refractivity contribution in [3.63, 3.8) is 0 Å². The molecule has 0 fully saturated rings. The highest BCUT2D eigenvalue weighted by Gasteiger charge is 2.27. The molecule has 1 atom stereocenters. The fourth-order valence-corrected chi connectivity index (χ4v) is 2.49. The van der Waals surface area contributed by atoms with Crippen LogP contribution in [0.3, 0.4) is 0 Å². The number of carboxylic acid groups (broad SMARTS) is 1. The quantitative estimate of drug-likeness (QED) is 0.776. The van der Waals surface area contributed by atoms with Crippen LogP contribution in [0.2, 0.25) is 0 Å². The third kappa shape index (κ3) is 3.58. The van der Waals surface area contributed by atoms with Gasteiger partial charge in [-0.2, -0.15) is 8.42 Å². The molecule has 0 radical (unpaired) electrons. The van der Waals surface area contributed by atoms with E-state index in [0.717, 1.165) is 6.92 Å². The van der Waals surface area contributed by atoms with Gasteiger partial charge in [0.1, 0.15) is 16.4 Å². The van der Waals surface area contributed by atoms with Crippen molar-refractivity contribution in [2.75, 3.05) is 14.2 Å². The Morgan fingerprint density at radius 1 is 1.26 bits per heavy atom. The van der Waals surface area contributed by atoms with Crippen molar-refractivity contribution in [1.29, 1.82) is 0 Å². The van der Waals surface area contributed by atoms with E-state index in [1.54, 1.807) is 0 Å².